The minimum absolute atomic E-state index is 0.227. The normalized spacial score (nSPS) is 13.3. The highest BCUT2D eigenvalue weighted by molar-refractivity contribution is 5.62. The summed E-state index contributed by atoms with van der Waals surface area (Å²) in [5.41, 5.74) is 4.17. The second kappa shape index (κ2) is 7.99. The van der Waals surface area contributed by atoms with E-state index >= 15 is 0 Å². The maximum atomic E-state index is 12.4. The minimum Gasteiger partial charge on any atom is -0.496 e. The van der Waals surface area contributed by atoms with Gasteiger partial charge in [-0.1, -0.05) is 6.07 Å². The van der Waals surface area contributed by atoms with E-state index < -0.39 is 0 Å². The molecule has 4 aromatic rings. The number of ether oxygens (including phenoxy) is 2. The third-order valence-electron chi connectivity index (χ3n) is 5.69. The first-order valence-electron chi connectivity index (χ1n) is 10.5. The number of benzene rings is 2. The summed E-state index contributed by atoms with van der Waals surface area (Å²) in [5, 5.41) is 12.3. The molecule has 1 fully saturated rings. The van der Waals surface area contributed by atoms with Gasteiger partial charge in [0.2, 0.25) is 0 Å². The van der Waals surface area contributed by atoms with Gasteiger partial charge in [-0.2, -0.15) is 14.5 Å². The fourth-order valence-electron chi connectivity index (χ4n) is 3.83. The van der Waals surface area contributed by atoms with Crippen molar-refractivity contribution < 1.29 is 9.47 Å². The van der Waals surface area contributed by atoms with Gasteiger partial charge in [0.05, 0.1) is 24.1 Å². The molecule has 0 bridgehead atoms. The van der Waals surface area contributed by atoms with E-state index in [-0.39, 0.29) is 12.3 Å². The van der Waals surface area contributed by atoms with Gasteiger partial charge in [0, 0.05) is 25.9 Å². The lowest BCUT2D eigenvalue weighted by Crippen LogP contribution is -2.23. The van der Waals surface area contributed by atoms with Crippen LogP contribution in [0.2, 0.25) is 0 Å². The molecule has 0 unspecified atom stereocenters. The van der Waals surface area contributed by atoms with Gasteiger partial charge in [-0.3, -0.25) is 4.68 Å². The zero-order chi connectivity index (χ0) is 22.2. The van der Waals surface area contributed by atoms with Crippen LogP contribution in [0.3, 0.4) is 0 Å². The summed E-state index contributed by atoms with van der Waals surface area (Å²) in [4.78, 5) is 12.4. The van der Waals surface area contributed by atoms with E-state index in [2.05, 4.69) is 21.6 Å². The van der Waals surface area contributed by atoms with Crippen molar-refractivity contribution in [3.8, 4) is 28.4 Å². The van der Waals surface area contributed by atoms with Gasteiger partial charge >= 0.3 is 5.69 Å². The molecule has 9 heteroatoms. The van der Waals surface area contributed by atoms with Crippen LogP contribution in [-0.2, 0) is 20.7 Å². The molecule has 0 N–H and O–H groups in total. The van der Waals surface area contributed by atoms with Crippen molar-refractivity contribution in [1.82, 2.24) is 29.6 Å². The molecular formula is C23H24N6O3. The maximum Gasteiger partial charge on any atom is 0.368 e. The van der Waals surface area contributed by atoms with E-state index in [9.17, 15) is 4.79 Å². The Kier molecular flexibility index (Phi) is 5.01. The molecule has 0 spiro atoms. The highest BCUT2D eigenvalue weighted by Gasteiger charge is 2.28. The molecule has 9 nitrogen and oxygen atoms in total. The fraction of sp³-hybridized carbons (Fsp3) is 0.304. The zero-order valence-corrected chi connectivity index (χ0v) is 18.2. The third-order valence-corrected chi connectivity index (χ3v) is 5.69. The van der Waals surface area contributed by atoms with Gasteiger partial charge < -0.3 is 9.47 Å². The largest absolute Gasteiger partial charge is 0.496 e. The average Bonchev–Trinajstić information content (AvgIpc) is 3.48. The lowest BCUT2D eigenvalue weighted by Gasteiger charge is -2.16. The predicted octanol–water partition coefficient (Wildman–Crippen LogP) is 2.83. The van der Waals surface area contributed by atoms with Gasteiger partial charge in [0.15, 0.2) is 0 Å². The van der Waals surface area contributed by atoms with Crippen LogP contribution in [0.1, 0.15) is 29.9 Å². The molecule has 0 saturated heterocycles. The van der Waals surface area contributed by atoms with Crippen LogP contribution in [-0.4, -0.2) is 36.7 Å². The van der Waals surface area contributed by atoms with Crippen molar-refractivity contribution in [2.75, 3.05) is 7.11 Å². The van der Waals surface area contributed by atoms with Gasteiger partial charge in [-0.05, 0) is 71.1 Å². The Morgan fingerprint density at radius 1 is 1.06 bits per heavy atom. The second-order valence-electron chi connectivity index (χ2n) is 7.95. The number of methoxy groups -OCH3 is 1. The molecule has 5 rings (SSSR count). The Morgan fingerprint density at radius 3 is 2.56 bits per heavy atom. The van der Waals surface area contributed by atoms with Crippen molar-refractivity contribution in [3.63, 3.8) is 0 Å². The molecular weight excluding hydrogens is 408 g/mol. The number of nitrogens with zero attached hydrogens (tertiary/aromatic N) is 6. The second-order valence-corrected chi connectivity index (χ2v) is 7.95. The summed E-state index contributed by atoms with van der Waals surface area (Å²) in [6.45, 7) is 0.227. The zero-order valence-electron chi connectivity index (χ0n) is 18.2. The summed E-state index contributed by atoms with van der Waals surface area (Å²) in [5.74, 6) is 1.95. The van der Waals surface area contributed by atoms with Crippen LogP contribution in [0.4, 0.5) is 0 Å². The van der Waals surface area contributed by atoms with E-state index in [1.165, 1.54) is 14.9 Å². The summed E-state index contributed by atoms with van der Waals surface area (Å²) < 4.78 is 16.1. The van der Waals surface area contributed by atoms with Gasteiger partial charge in [0.1, 0.15) is 18.1 Å². The van der Waals surface area contributed by atoms with Crippen LogP contribution in [0, 0.1) is 0 Å². The standard InChI is InChI=1S/C23H24N6O3/c1-27-12-11-19(24-27)16-9-10-22(17(13-16)15-7-8-15)32-14-18-20(5-4-6-21(18)31-3)29-23(30)28(2)25-26-29/h4-6,9-13,15H,7-8,14H2,1-3H3. The Labute approximate surface area is 184 Å². The topological polar surface area (TPSA) is 89.0 Å². The minimum atomic E-state index is -0.335. The smallest absolute Gasteiger partial charge is 0.368 e. The molecule has 0 radical (unpaired) electrons. The van der Waals surface area contributed by atoms with Crippen LogP contribution in [0.5, 0.6) is 11.5 Å². The summed E-state index contributed by atoms with van der Waals surface area (Å²) in [7, 11) is 5.07. The number of tetrazole rings is 1. The molecule has 1 aliphatic rings. The summed E-state index contributed by atoms with van der Waals surface area (Å²) in [6.07, 6.45) is 4.24. The maximum absolute atomic E-state index is 12.4. The average molecular weight is 432 g/mol. The van der Waals surface area contributed by atoms with Crippen molar-refractivity contribution in [2.24, 2.45) is 14.1 Å². The SMILES string of the molecule is COc1cccc(-n2nnn(C)c2=O)c1COc1ccc(-c2ccn(C)n2)cc1C1CC1. The first-order valence-corrected chi connectivity index (χ1v) is 10.5. The summed E-state index contributed by atoms with van der Waals surface area (Å²) in [6, 6.07) is 13.7. The highest BCUT2D eigenvalue weighted by atomic mass is 16.5. The number of aryl methyl sites for hydroxylation is 2. The molecule has 2 aromatic heterocycles. The first kappa shape index (κ1) is 20.0. The van der Waals surface area contributed by atoms with E-state index in [0.717, 1.165) is 35.4 Å². The number of rotatable bonds is 7. The van der Waals surface area contributed by atoms with Crippen LogP contribution < -0.4 is 15.2 Å². The molecule has 164 valence electrons. The molecule has 2 heterocycles. The molecule has 0 atom stereocenters. The van der Waals surface area contributed by atoms with Gasteiger partial charge in [-0.15, -0.1) is 0 Å². The van der Waals surface area contributed by atoms with Gasteiger partial charge in [-0.25, -0.2) is 4.79 Å². The Bertz CT molecular complexity index is 1330. The molecule has 1 saturated carbocycles. The van der Waals surface area contributed by atoms with E-state index in [4.69, 9.17) is 9.47 Å². The molecule has 32 heavy (non-hydrogen) atoms. The van der Waals surface area contributed by atoms with Crippen molar-refractivity contribution in [2.45, 2.75) is 25.4 Å². The number of aromatic nitrogens is 6. The monoisotopic (exact) mass is 432 g/mol. The van der Waals surface area contributed by atoms with Crippen molar-refractivity contribution >= 4 is 0 Å². The van der Waals surface area contributed by atoms with E-state index in [1.54, 1.807) is 18.8 Å². The first-order chi connectivity index (χ1) is 15.5. The molecule has 2 aromatic carbocycles. The van der Waals surface area contributed by atoms with Crippen molar-refractivity contribution in [3.05, 3.63) is 70.3 Å². The predicted molar refractivity (Wildman–Crippen MR) is 118 cm³/mol. The quantitative estimate of drug-likeness (QED) is 0.446. The third kappa shape index (κ3) is 3.66. The van der Waals surface area contributed by atoms with Crippen LogP contribution in [0.25, 0.3) is 16.9 Å². The van der Waals surface area contributed by atoms with Crippen LogP contribution >= 0.6 is 0 Å². The van der Waals surface area contributed by atoms with E-state index in [0.29, 0.717) is 17.4 Å². The Morgan fingerprint density at radius 2 is 1.91 bits per heavy atom. The Balaban J connectivity index is 1.48. The molecule has 0 aliphatic heterocycles. The lowest BCUT2D eigenvalue weighted by atomic mass is 10.0. The highest BCUT2D eigenvalue weighted by Crippen LogP contribution is 2.45. The van der Waals surface area contributed by atoms with E-state index in [1.807, 2.05) is 49.6 Å². The lowest BCUT2D eigenvalue weighted by molar-refractivity contribution is 0.293. The summed E-state index contributed by atoms with van der Waals surface area (Å²) >= 11 is 0. The number of hydrogen-bond acceptors (Lipinski definition) is 6. The Hall–Kier alpha value is -3.88. The fourth-order valence-corrected chi connectivity index (χ4v) is 3.83. The van der Waals surface area contributed by atoms with Gasteiger partial charge in [0.25, 0.3) is 0 Å². The number of hydrogen-bond donors (Lipinski definition) is 0. The molecule has 0 amide bonds. The van der Waals surface area contributed by atoms with Crippen molar-refractivity contribution in [1.29, 1.82) is 0 Å². The van der Waals surface area contributed by atoms with Crippen LogP contribution in [0.15, 0.2) is 53.5 Å². The molecule has 1 aliphatic carbocycles.